The summed E-state index contributed by atoms with van der Waals surface area (Å²) in [4.78, 5) is 0. The standard InChI is InChI=1S/C14H14/c1-3-11-5-13(6-11,7-11)14-8-12(4-2,9-14)10-14/h1-2H,5-10H2. The second kappa shape index (κ2) is 1.55. The van der Waals surface area contributed by atoms with Crippen LogP contribution in [0, 0.1) is 46.3 Å². The van der Waals surface area contributed by atoms with Crippen LogP contribution in [0.5, 0.6) is 0 Å². The lowest BCUT2D eigenvalue weighted by atomic mass is 9.17. The predicted molar refractivity (Wildman–Crippen MR) is 55.1 cm³/mol. The molecule has 0 heterocycles. The van der Waals surface area contributed by atoms with Crippen molar-refractivity contribution in [1.29, 1.82) is 0 Å². The van der Waals surface area contributed by atoms with E-state index in [1.54, 1.807) is 0 Å². The molecule has 6 aliphatic carbocycles. The minimum atomic E-state index is 0.346. The number of hydrogen-bond donors (Lipinski definition) is 0. The lowest BCUT2D eigenvalue weighted by molar-refractivity contribution is -0.352. The van der Waals surface area contributed by atoms with Crippen molar-refractivity contribution < 1.29 is 0 Å². The summed E-state index contributed by atoms with van der Waals surface area (Å²) in [5.74, 6) is 5.98. The molecular weight excluding hydrogens is 168 g/mol. The summed E-state index contributed by atoms with van der Waals surface area (Å²) in [5, 5.41) is 0. The Morgan fingerprint density at radius 2 is 0.929 bits per heavy atom. The van der Waals surface area contributed by atoms with Gasteiger partial charge in [-0.15, -0.1) is 12.8 Å². The zero-order chi connectivity index (χ0) is 9.66. The van der Waals surface area contributed by atoms with E-state index in [4.69, 9.17) is 12.8 Å². The fourth-order valence-corrected chi connectivity index (χ4v) is 5.01. The Morgan fingerprint density at radius 1 is 0.643 bits per heavy atom. The maximum Gasteiger partial charge on any atom is 0.0328 e. The average Bonchev–Trinajstić information content (AvgIpc) is 1.86. The minimum Gasteiger partial charge on any atom is -0.120 e. The quantitative estimate of drug-likeness (QED) is 0.547. The molecule has 6 fully saturated rings. The molecule has 6 saturated carbocycles. The molecule has 0 saturated heterocycles. The summed E-state index contributed by atoms with van der Waals surface area (Å²) in [6.07, 6.45) is 19.0. The summed E-state index contributed by atoms with van der Waals surface area (Å²) in [6, 6.07) is 0. The van der Waals surface area contributed by atoms with Crippen molar-refractivity contribution in [2.75, 3.05) is 0 Å². The molecule has 0 spiro atoms. The van der Waals surface area contributed by atoms with Crippen LogP contribution in [-0.4, -0.2) is 0 Å². The average molecular weight is 182 g/mol. The largest absolute Gasteiger partial charge is 0.120 e. The van der Waals surface area contributed by atoms with Crippen molar-refractivity contribution in [1.82, 2.24) is 0 Å². The molecule has 0 atom stereocenters. The first kappa shape index (κ1) is 7.42. The van der Waals surface area contributed by atoms with Gasteiger partial charge in [0.05, 0.1) is 0 Å². The second-order valence-corrected chi connectivity index (χ2v) is 6.47. The molecule has 4 bridgehead atoms. The Bertz CT molecular complexity index is 344. The van der Waals surface area contributed by atoms with Crippen LogP contribution in [0.2, 0.25) is 0 Å². The molecule has 0 aromatic heterocycles. The summed E-state index contributed by atoms with van der Waals surface area (Å²) >= 11 is 0. The molecule has 14 heavy (non-hydrogen) atoms. The van der Waals surface area contributed by atoms with E-state index in [0.717, 1.165) is 0 Å². The Kier molecular flexibility index (Phi) is 0.820. The van der Waals surface area contributed by atoms with E-state index in [9.17, 15) is 0 Å². The van der Waals surface area contributed by atoms with Gasteiger partial charge in [-0.3, -0.25) is 0 Å². The van der Waals surface area contributed by atoms with Gasteiger partial charge in [0.25, 0.3) is 0 Å². The first-order chi connectivity index (χ1) is 6.61. The highest BCUT2D eigenvalue weighted by atomic mass is 14.9. The highest BCUT2D eigenvalue weighted by Gasteiger charge is 2.83. The molecule has 0 aromatic rings. The highest BCUT2D eigenvalue weighted by Crippen LogP contribution is 2.91. The van der Waals surface area contributed by atoms with Crippen molar-refractivity contribution in [3.8, 4) is 24.7 Å². The third-order valence-corrected chi connectivity index (χ3v) is 5.80. The third kappa shape index (κ3) is 0.453. The van der Waals surface area contributed by atoms with Crippen LogP contribution < -0.4 is 0 Å². The Morgan fingerprint density at radius 3 is 1.14 bits per heavy atom. The molecule has 0 N–H and O–H groups in total. The molecule has 0 radical (unpaired) electrons. The van der Waals surface area contributed by atoms with Gasteiger partial charge in [0.2, 0.25) is 0 Å². The van der Waals surface area contributed by atoms with E-state index in [-0.39, 0.29) is 0 Å². The Balaban J connectivity index is 1.57. The molecule has 0 unspecified atom stereocenters. The predicted octanol–water partition coefficient (Wildman–Crippen LogP) is 2.59. The highest BCUT2D eigenvalue weighted by molar-refractivity contribution is 5.41. The smallest absolute Gasteiger partial charge is 0.0328 e. The molecule has 6 rings (SSSR count). The van der Waals surface area contributed by atoms with Crippen LogP contribution in [0.3, 0.4) is 0 Å². The summed E-state index contributed by atoms with van der Waals surface area (Å²) in [7, 11) is 0. The molecule has 0 amide bonds. The van der Waals surface area contributed by atoms with E-state index in [0.29, 0.717) is 21.7 Å². The number of rotatable bonds is 1. The van der Waals surface area contributed by atoms with Gasteiger partial charge >= 0.3 is 0 Å². The van der Waals surface area contributed by atoms with Gasteiger partial charge in [-0.2, -0.15) is 0 Å². The van der Waals surface area contributed by atoms with Gasteiger partial charge in [0.15, 0.2) is 0 Å². The molecule has 70 valence electrons. The van der Waals surface area contributed by atoms with E-state index in [2.05, 4.69) is 11.8 Å². The molecule has 0 aromatic carbocycles. The maximum atomic E-state index is 5.55. The lowest BCUT2D eigenvalue weighted by Crippen LogP contribution is -2.78. The first-order valence-corrected chi connectivity index (χ1v) is 5.57. The van der Waals surface area contributed by atoms with Crippen molar-refractivity contribution in [2.45, 2.75) is 38.5 Å². The Labute approximate surface area is 85.5 Å². The SMILES string of the molecule is C#CC12CC(C34CC(C#C)(C3)C4)(C1)C2. The van der Waals surface area contributed by atoms with E-state index >= 15 is 0 Å². The van der Waals surface area contributed by atoms with Crippen LogP contribution in [-0.2, 0) is 0 Å². The number of terminal acetylenes is 2. The van der Waals surface area contributed by atoms with Crippen molar-refractivity contribution in [3.63, 3.8) is 0 Å². The van der Waals surface area contributed by atoms with Crippen molar-refractivity contribution >= 4 is 0 Å². The molecule has 0 heteroatoms. The third-order valence-electron chi connectivity index (χ3n) is 5.80. The van der Waals surface area contributed by atoms with Gasteiger partial charge in [-0.25, -0.2) is 0 Å². The van der Waals surface area contributed by atoms with Crippen molar-refractivity contribution in [3.05, 3.63) is 0 Å². The van der Waals surface area contributed by atoms with Crippen LogP contribution in [0.15, 0.2) is 0 Å². The normalized spacial score (nSPS) is 65.9. The van der Waals surface area contributed by atoms with Crippen LogP contribution >= 0.6 is 0 Å². The summed E-state index contributed by atoms with van der Waals surface area (Å²) < 4.78 is 0. The topological polar surface area (TPSA) is 0 Å². The zero-order valence-corrected chi connectivity index (χ0v) is 8.40. The van der Waals surface area contributed by atoms with Gasteiger partial charge in [0.1, 0.15) is 0 Å². The molecule has 0 nitrogen and oxygen atoms in total. The molecule has 6 aliphatic rings. The Hall–Kier alpha value is -0.880. The van der Waals surface area contributed by atoms with Gasteiger partial charge in [0, 0.05) is 10.8 Å². The second-order valence-electron chi connectivity index (χ2n) is 6.47. The van der Waals surface area contributed by atoms with E-state index in [1.165, 1.54) is 38.5 Å². The van der Waals surface area contributed by atoms with E-state index < -0.39 is 0 Å². The molecular formula is C14H14. The molecule has 0 aliphatic heterocycles. The maximum absolute atomic E-state index is 5.55. The summed E-state index contributed by atoms with van der Waals surface area (Å²) in [5.41, 5.74) is 2.02. The van der Waals surface area contributed by atoms with E-state index in [1.807, 2.05) is 0 Å². The van der Waals surface area contributed by atoms with Gasteiger partial charge in [-0.05, 0) is 49.4 Å². The zero-order valence-electron chi connectivity index (χ0n) is 8.40. The van der Waals surface area contributed by atoms with Crippen LogP contribution in [0.1, 0.15) is 38.5 Å². The van der Waals surface area contributed by atoms with Gasteiger partial charge in [-0.1, -0.05) is 11.8 Å². The van der Waals surface area contributed by atoms with Gasteiger partial charge < -0.3 is 0 Å². The monoisotopic (exact) mass is 182 g/mol. The lowest BCUT2D eigenvalue weighted by Gasteiger charge is -2.86. The van der Waals surface area contributed by atoms with Crippen LogP contribution in [0.25, 0.3) is 0 Å². The van der Waals surface area contributed by atoms with Crippen LogP contribution in [0.4, 0.5) is 0 Å². The fourth-order valence-electron chi connectivity index (χ4n) is 5.01. The first-order valence-electron chi connectivity index (χ1n) is 5.57. The number of hydrogen-bond acceptors (Lipinski definition) is 0. The fraction of sp³-hybridized carbons (Fsp3) is 0.714. The van der Waals surface area contributed by atoms with Crippen molar-refractivity contribution in [2.24, 2.45) is 21.7 Å². The summed E-state index contributed by atoms with van der Waals surface area (Å²) in [6.45, 7) is 0. The minimum absolute atomic E-state index is 0.346.